The molecular weight excluding hydrogens is 545 g/mol. The lowest BCUT2D eigenvalue weighted by Crippen LogP contribution is -2.27. The lowest BCUT2D eigenvalue weighted by molar-refractivity contribution is 0.102. The van der Waals surface area contributed by atoms with E-state index in [2.05, 4.69) is 49.9 Å². The highest BCUT2D eigenvalue weighted by atomic mass is 35.5. The molecule has 0 spiro atoms. The van der Waals surface area contributed by atoms with Crippen LogP contribution in [0.5, 0.6) is 0 Å². The largest absolute Gasteiger partial charge is 0.357 e. The van der Waals surface area contributed by atoms with Crippen LogP contribution in [0.2, 0.25) is 0 Å². The van der Waals surface area contributed by atoms with Crippen LogP contribution in [0, 0.1) is 5.92 Å². The van der Waals surface area contributed by atoms with Crippen molar-refractivity contribution in [2.75, 3.05) is 32.0 Å². The van der Waals surface area contributed by atoms with Gasteiger partial charge in [0.25, 0.3) is 5.91 Å². The molecule has 1 aromatic carbocycles. The molecule has 2 aliphatic heterocycles. The Labute approximate surface area is 248 Å². The Morgan fingerprint density at radius 3 is 2.60 bits per heavy atom. The van der Waals surface area contributed by atoms with Crippen molar-refractivity contribution in [1.29, 1.82) is 0 Å². The minimum Gasteiger partial charge on any atom is -0.357 e. The van der Waals surface area contributed by atoms with Gasteiger partial charge in [-0.15, -0.1) is 24.8 Å². The van der Waals surface area contributed by atoms with E-state index in [1.54, 1.807) is 0 Å². The van der Waals surface area contributed by atoms with Crippen LogP contribution in [-0.4, -0.2) is 57.2 Å². The second kappa shape index (κ2) is 13.6. The van der Waals surface area contributed by atoms with Crippen molar-refractivity contribution in [3.63, 3.8) is 0 Å². The van der Waals surface area contributed by atoms with Crippen molar-refractivity contribution in [2.24, 2.45) is 5.92 Å². The Kier molecular flexibility index (Phi) is 10.2. The molecule has 1 atom stereocenters. The van der Waals surface area contributed by atoms with Crippen LogP contribution in [0.1, 0.15) is 60.6 Å². The molecule has 10 heteroatoms. The average Bonchev–Trinajstić information content (AvgIpc) is 3.69. The van der Waals surface area contributed by atoms with Gasteiger partial charge in [0.05, 0.1) is 11.7 Å². The third-order valence-electron chi connectivity index (χ3n) is 8.22. The first-order valence-electron chi connectivity index (χ1n) is 14.0. The summed E-state index contributed by atoms with van der Waals surface area (Å²) in [7, 11) is 2.17. The van der Waals surface area contributed by atoms with Crippen molar-refractivity contribution >= 4 is 47.4 Å². The van der Waals surface area contributed by atoms with E-state index in [9.17, 15) is 4.79 Å². The Bertz CT molecular complexity index is 1390. The van der Waals surface area contributed by atoms with Gasteiger partial charge in [-0.3, -0.25) is 14.4 Å². The predicted octanol–water partition coefficient (Wildman–Crippen LogP) is 6.07. The van der Waals surface area contributed by atoms with Crippen LogP contribution < -0.4 is 10.6 Å². The average molecular weight is 585 g/mol. The Balaban J connectivity index is 0.00000185. The molecule has 0 aliphatic carbocycles. The summed E-state index contributed by atoms with van der Waals surface area (Å²) in [6.07, 6.45) is 13.2. The molecule has 8 nitrogen and oxygen atoms in total. The fraction of sp³-hybridized carbons (Fsp3) is 0.433. The summed E-state index contributed by atoms with van der Waals surface area (Å²) in [5.41, 5.74) is 4.94. The highest BCUT2D eigenvalue weighted by Gasteiger charge is 2.24. The quantitative estimate of drug-likeness (QED) is 0.234. The maximum Gasteiger partial charge on any atom is 0.256 e. The molecule has 4 aromatic rings. The Morgan fingerprint density at radius 1 is 1.05 bits per heavy atom. The number of H-pyrrole nitrogens is 1. The molecule has 5 heterocycles. The van der Waals surface area contributed by atoms with Gasteiger partial charge in [-0.05, 0) is 94.9 Å². The van der Waals surface area contributed by atoms with Crippen LogP contribution >= 0.6 is 24.8 Å². The van der Waals surface area contributed by atoms with Crippen LogP contribution in [0.25, 0.3) is 22.0 Å². The number of benzene rings is 1. The van der Waals surface area contributed by atoms with E-state index in [1.165, 1.54) is 31.4 Å². The normalized spacial score (nSPS) is 17.9. The lowest BCUT2D eigenvalue weighted by atomic mass is 9.93. The zero-order valence-electron chi connectivity index (χ0n) is 22.9. The number of piperidine rings is 1. The van der Waals surface area contributed by atoms with E-state index in [0.29, 0.717) is 17.4 Å². The van der Waals surface area contributed by atoms with E-state index in [4.69, 9.17) is 0 Å². The highest BCUT2D eigenvalue weighted by Crippen LogP contribution is 2.32. The molecule has 214 valence electrons. The van der Waals surface area contributed by atoms with E-state index < -0.39 is 0 Å². The molecule has 6 rings (SSSR count). The number of aromatic nitrogens is 4. The molecule has 40 heavy (non-hydrogen) atoms. The van der Waals surface area contributed by atoms with Crippen molar-refractivity contribution in [2.45, 2.75) is 51.1 Å². The third kappa shape index (κ3) is 6.86. The number of fused-ring (bicyclic) bond motifs is 1. The second-order valence-electron chi connectivity index (χ2n) is 10.9. The number of hydrogen-bond acceptors (Lipinski definition) is 5. The fourth-order valence-electron chi connectivity index (χ4n) is 5.95. The minimum absolute atomic E-state index is 0. The van der Waals surface area contributed by atoms with Gasteiger partial charge in [-0.2, -0.15) is 5.10 Å². The van der Waals surface area contributed by atoms with E-state index >= 15 is 0 Å². The molecule has 0 radical (unpaired) electrons. The van der Waals surface area contributed by atoms with Gasteiger partial charge < -0.3 is 15.6 Å². The van der Waals surface area contributed by atoms with Crippen molar-refractivity contribution < 1.29 is 4.79 Å². The first kappa shape index (κ1) is 30.1. The topological polar surface area (TPSA) is 90.9 Å². The van der Waals surface area contributed by atoms with Crippen LogP contribution in [0.4, 0.5) is 5.82 Å². The summed E-state index contributed by atoms with van der Waals surface area (Å²) >= 11 is 0. The number of aromatic amines is 1. The number of rotatable bonds is 8. The number of pyridine rings is 1. The highest BCUT2D eigenvalue weighted by molar-refractivity contribution is 6.04. The SMILES string of the molecule is CN1CCC[C@@H]1c1cc2cnc(NC(=O)c3ccc(-c4cnn(CCCC5CCNCC5)c4)cc3)cc2[nH]1.Cl.Cl. The van der Waals surface area contributed by atoms with Crippen molar-refractivity contribution in [1.82, 2.24) is 30.0 Å². The number of nitrogens with one attached hydrogen (secondary N) is 3. The fourth-order valence-corrected chi connectivity index (χ4v) is 5.95. The third-order valence-corrected chi connectivity index (χ3v) is 8.22. The molecule has 0 saturated carbocycles. The number of anilines is 1. The number of carbonyl (C=O) groups is 1. The van der Waals surface area contributed by atoms with E-state index in [1.807, 2.05) is 47.4 Å². The molecule has 2 aliphatic rings. The number of aryl methyl sites for hydroxylation is 1. The molecule has 2 saturated heterocycles. The predicted molar refractivity (Wildman–Crippen MR) is 166 cm³/mol. The van der Waals surface area contributed by atoms with Gasteiger partial charge in [-0.1, -0.05) is 12.1 Å². The number of hydrogen-bond donors (Lipinski definition) is 3. The van der Waals surface area contributed by atoms with Crippen LogP contribution in [0.3, 0.4) is 0 Å². The van der Waals surface area contributed by atoms with Crippen LogP contribution in [0.15, 0.2) is 55.0 Å². The van der Waals surface area contributed by atoms with E-state index in [-0.39, 0.29) is 30.7 Å². The summed E-state index contributed by atoms with van der Waals surface area (Å²) < 4.78 is 2.04. The molecule has 0 unspecified atom stereocenters. The van der Waals surface area contributed by atoms with Crippen molar-refractivity contribution in [3.05, 3.63) is 66.2 Å². The summed E-state index contributed by atoms with van der Waals surface area (Å²) in [5, 5.41) is 12.0. The Morgan fingerprint density at radius 2 is 1.85 bits per heavy atom. The number of nitrogens with zero attached hydrogens (tertiary/aromatic N) is 4. The minimum atomic E-state index is -0.167. The maximum absolute atomic E-state index is 12.9. The standard InChI is InChI=1S/C30H37N7O.2ClH/c1-36-14-3-5-28(36)27-16-24-18-32-29(17-26(24)34-27)35-30(38)23-8-6-22(7-9-23)25-19-33-37(20-25)15-2-4-21-10-12-31-13-11-21;;/h6-9,16-21,28,31,34H,2-5,10-15H2,1H3,(H,32,35,38);2*1H/t28-;;/m1../s1. The summed E-state index contributed by atoms with van der Waals surface area (Å²) in [6.45, 7) is 4.38. The zero-order valence-corrected chi connectivity index (χ0v) is 24.6. The molecule has 3 N–H and O–H groups in total. The number of carbonyl (C=O) groups excluding carboxylic acids is 1. The number of halogens is 2. The van der Waals surface area contributed by atoms with E-state index in [0.717, 1.165) is 67.0 Å². The van der Waals surface area contributed by atoms with Gasteiger partial charge >= 0.3 is 0 Å². The summed E-state index contributed by atoms with van der Waals surface area (Å²) in [4.78, 5) is 23.3. The van der Waals surface area contributed by atoms with Gasteiger partial charge in [0.15, 0.2) is 0 Å². The van der Waals surface area contributed by atoms with Crippen LogP contribution in [-0.2, 0) is 6.54 Å². The number of amides is 1. The molecule has 1 amide bonds. The first-order chi connectivity index (χ1) is 18.6. The molecule has 2 fully saturated rings. The molecular formula is C30H39Cl2N7O. The van der Waals surface area contributed by atoms with Gasteiger partial charge in [0, 0.05) is 53.3 Å². The monoisotopic (exact) mass is 583 g/mol. The van der Waals surface area contributed by atoms with Crippen molar-refractivity contribution in [3.8, 4) is 11.1 Å². The molecule has 0 bridgehead atoms. The zero-order chi connectivity index (χ0) is 25.9. The smallest absolute Gasteiger partial charge is 0.256 e. The summed E-state index contributed by atoms with van der Waals surface area (Å²) in [6, 6.07) is 12.2. The Hall–Kier alpha value is -2.91. The second-order valence-corrected chi connectivity index (χ2v) is 10.9. The van der Waals surface area contributed by atoms with Gasteiger partial charge in [0.2, 0.25) is 0 Å². The number of likely N-dealkylation sites (tertiary alicyclic amines) is 1. The van der Waals surface area contributed by atoms with Gasteiger partial charge in [0.1, 0.15) is 5.82 Å². The summed E-state index contributed by atoms with van der Waals surface area (Å²) in [5.74, 6) is 1.23. The molecule has 3 aromatic heterocycles. The lowest BCUT2D eigenvalue weighted by Gasteiger charge is -2.22. The van der Waals surface area contributed by atoms with Gasteiger partial charge in [-0.25, -0.2) is 4.98 Å². The maximum atomic E-state index is 12.9. The first-order valence-corrected chi connectivity index (χ1v) is 14.0.